The van der Waals surface area contributed by atoms with Crippen LogP contribution in [0, 0.1) is 11.2 Å². The van der Waals surface area contributed by atoms with Crippen LogP contribution in [-0.4, -0.2) is 37.5 Å². The molecular weight excluding hydrogens is 397 g/mol. The molecule has 0 aliphatic carbocycles. The van der Waals surface area contributed by atoms with Gasteiger partial charge < -0.3 is 15.3 Å². The van der Waals surface area contributed by atoms with Gasteiger partial charge in [0, 0.05) is 29.3 Å². The van der Waals surface area contributed by atoms with Gasteiger partial charge in [-0.2, -0.15) is 0 Å². The van der Waals surface area contributed by atoms with Gasteiger partial charge in [-0.1, -0.05) is 12.1 Å². The molecule has 4 aromatic rings. The number of hydrogen-bond donors (Lipinski definition) is 2. The van der Waals surface area contributed by atoms with Crippen molar-refractivity contribution in [1.29, 1.82) is 5.41 Å². The van der Waals surface area contributed by atoms with Gasteiger partial charge in [-0.15, -0.1) is 10.2 Å². The molecule has 0 aliphatic heterocycles. The third-order valence-electron chi connectivity index (χ3n) is 5.17. The van der Waals surface area contributed by atoms with E-state index in [1.54, 1.807) is 45.4 Å². The van der Waals surface area contributed by atoms with E-state index in [-0.39, 0.29) is 17.3 Å². The van der Waals surface area contributed by atoms with Gasteiger partial charge in [0.2, 0.25) is 0 Å². The molecular formula is C23H22FN5O2. The molecule has 0 amide bonds. The number of benzene rings is 2. The number of aliphatic hydroxyl groups is 1. The maximum absolute atomic E-state index is 13.2. The number of nitrogens with zero attached hydrogens (tertiary/aromatic N) is 4. The summed E-state index contributed by atoms with van der Waals surface area (Å²) in [5, 5.41) is 26.7. The summed E-state index contributed by atoms with van der Waals surface area (Å²) in [6, 6.07) is 10.0. The number of rotatable bonds is 6. The molecule has 0 bridgehead atoms. The van der Waals surface area contributed by atoms with E-state index in [2.05, 4.69) is 15.2 Å². The number of methoxy groups -OCH3 is 1. The van der Waals surface area contributed by atoms with Crippen LogP contribution >= 0.6 is 0 Å². The normalized spacial score (nSPS) is 12.3. The van der Waals surface area contributed by atoms with Crippen LogP contribution in [0.2, 0.25) is 0 Å². The molecule has 158 valence electrons. The van der Waals surface area contributed by atoms with Crippen molar-refractivity contribution < 1.29 is 14.2 Å². The van der Waals surface area contributed by atoms with Crippen molar-refractivity contribution in [2.24, 2.45) is 0 Å². The predicted molar refractivity (Wildman–Crippen MR) is 117 cm³/mol. The number of nitrogens with one attached hydrogen (secondary N) is 1. The van der Waals surface area contributed by atoms with E-state index in [9.17, 15) is 9.50 Å². The Balaban J connectivity index is 1.83. The van der Waals surface area contributed by atoms with E-state index in [1.807, 2.05) is 10.5 Å². The molecule has 0 saturated heterocycles. The van der Waals surface area contributed by atoms with E-state index < -0.39 is 0 Å². The van der Waals surface area contributed by atoms with Gasteiger partial charge in [-0.3, -0.25) is 9.38 Å². The van der Waals surface area contributed by atoms with Crippen molar-refractivity contribution in [2.45, 2.75) is 26.7 Å². The van der Waals surface area contributed by atoms with Crippen molar-refractivity contribution in [3.63, 3.8) is 0 Å². The van der Waals surface area contributed by atoms with E-state index >= 15 is 0 Å². The Hall–Kier alpha value is -3.81. The molecule has 0 aliphatic rings. The van der Waals surface area contributed by atoms with Crippen LogP contribution in [0.5, 0.6) is 5.75 Å². The second-order valence-corrected chi connectivity index (χ2v) is 7.32. The molecule has 0 radical (unpaired) electrons. The Bertz CT molecular complexity index is 1320. The first-order valence-corrected chi connectivity index (χ1v) is 9.80. The Morgan fingerprint density at radius 1 is 1.13 bits per heavy atom. The smallest absolute Gasteiger partial charge is 0.179 e. The van der Waals surface area contributed by atoms with Gasteiger partial charge >= 0.3 is 0 Å². The average Bonchev–Trinajstić information content (AvgIpc) is 3.16. The monoisotopic (exact) mass is 419 g/mol. The van der Waals surface area contributed by atoms with Gasteiger partial charge in [0.15, 0.2) is 5.65 Å². The molecule has 2 heterocycles. The minimum absolute atomic E-state index is 0.0375. The van der Waals surface area contributed by atoms with Gasteiger partial charge in [0.25, 0.3) is 0 Å². The molecule has 2 aromatic carbocycles. The number of ether oxygens (including phenoxy) is 1. The van der Waals surface area contributed by atoms with Crippen molar-refractivity contribution in [3.05, 3.63) is 71.1 Å². The number of aromatic nitrogens is 4. The Kier molecular flexibility index (Phi) is 5.37. The molecule has 2 N–H and O–H groups in total. The second-order valence-electron chi connectivity index (χ2n) is 7.32. The summed E-state index contributed by atoms with van der Waals surface area (Å²) in [4.78, 5) is 4.49. The third kappa shape index (κ3) is 3.84. The minimum Gasteiger partial charge on any atom is -0.512 e. The fourth-order valence-corrected chi connectivity index (χ4v) is 3.75. The topological polar surface area (TPSA) is 96.4 Å². The maximum Gasteiger partial charge on any atom is 0.179 e. The maximum atomic E-state index is 13.2. The van der Waals surface area contributed by atoms with Crippen LogP contribution in [0.3, 0.4) is 0 Å². The van der Waals surface area contributed by atoms with Crippen LogP contribution in [0.4, 0.5) is 4.39 Å². The largest absolute Gasteiger partial charge is 0.512 e. The third-order valence-corrected chi connectivity index (χ3v) is 5.17. The van der Waals surface area contributed by atoms with Gasteiger partial charge in [0.1, 0.15) is 17.4 Å². The lowest BCUT2D eigenvalue weighted by atomic mass is 9.99. The highest BCUT2D eigenvalue weighted by Crippen LogP contribution is 2.33. The highest BCUT2D eigenvalue weighted by molar-refractivity contribution is 6.22. The van der Waals surface area contributed by atoms with Crippen LogP contribution in [0.15, 0.2) is 48.4 Å². The van der Waals surface area contributed by atoms with E-state index in [4.69, 9.17) is 10.1 Å². The van der Waals surface area contributed by atoms with Crippen LogP contribution in [0.1, 0.15) is 30.8 Å². The summed E-state index contributed by atoms with van der Waals surface area (Å²) in [6.45, 7) is 3.16. The Morgan fingerprint density at radius 2 is 1.87 bits per heavy atom. The number of aryl methyl sites for hydroxylation is 2. The summed E-state index contributed by atoms with van der Waals surface area (Å²) in [5.74, 6) is 1.03. The lowest BCUT2D eigenvalue weighted by Gasteiger charge is -2.14. The Labute approximate surface area is 178 Å². The first-order valence-electron chi connectivity index (χ1n) is 9.80. The SMILES string of the molecule is COc1cc2c(cc1/C(C(C)=N)=C(\C)O)ncc1nnc(CCc3ccc(F)cc3)n12. The summed E-state index contributed by atoms with van der Waals surface area (Å²) in [5.41, 5.74) is 4.25. The predicted octanol–water partition coefficient (Wildman–Crippen LogP) is 4.54. The number of halogens is 1. The molecule has 0 spiro atoms. The first-order chi connectivity index (χ1) is 14.9. The number of fused-ring (bicyclic) bond motifs is 3. The van der Waals surface area contributed by atoms with Crippen LogP contribution in [0.25, 0.3) is 22.3 Å². The molecule has 0 unspecified atom stereocenters. The molecule has 0 saturated carbocycles. The fourth-order valence-electron chi connectivity index (χ4n) is 3.75. The Morgan fingerprint density at radius 3 is 2.52 bits per heavy atom. The fraction of sp³-hybridized carbons (Fsp3) is 0.217. The highest BCUT2D eigenvalue weighted by atomic mass is 19.1. The zero-order valence-corrected chi connectivity index (χ0v) is 17.5. The molecule has 31 heavy (non-hydrogen) atoms. The molecule has 7 nitrogen and oxygen atoms in total. The van der Waals surface area contributed by atoms with Crippen molar-refractivity contribution in [2.75, 3.05) is 7.11 Å². The van der Waals surface area contributed by atoms with Crippen LogP contribution < -0.4 is 4.74 Å². The van der Waals surface area contributed by atoms with E-state index in [0.29, 0.717) is 40.9 Å². The lowest BCUT2D eigenvalue weighted by Crippen LogP contribution is -2.04. The summed E-state index contributed by atoms with van der Waals surface area (Å²) < 4.78 is 20.7. The average molecular weight is 419 g/mol. The first kappa shape index (κ1) is 20.5. The molecule has 4 rings (SSSR count). The zero-order valence-electron chi connectivity index (χ0n) is 17.5. The molecule has 8 heteroatoms. The molecule has 0 fully saturated rings. The van der Waals surface area contributed by atoms with Gasteiger partial charge in [-0.05, 0) is 44.0 Å². The van der Waals surface area contributed by atoms with Crippen LogP contribution in [-0.2, 0) is 12.8 Å². The van der Waals surface area contributed by atoms with Crippen molar-refractivity contribution in [1.82, 2.24) is 19.6 Å². The quantitative estimate of drug-likeness (QED) is 0.353. The number of aliphatic hydroxyl groups excluding tert-OH is 1. The van der Waals surface area contributed by atoms with Crippen molar-refractivity contribution in [3.8, 4) is 5.75 Å². The number of hydrogen-bond acceptors (Lipinski definition) is 6. The summed E-state index contributed by atoms with van der Waals surface area (Å²) in [6.07, 6.45) is 2.93. The van der Waals surface area contributed by atoms with Crippen molar-refractivity contribution >= 4 is 28.0 Å². The summed E-state index contributed by atoms with van der Waals surface area (Å²) in [7, 11) is 1.55. The minimum atomic E-state index is -0.261. The molecule has 0 atom stereocenters. The molecule has 2 aromatic heterocycles. The van der Waals surface area contributed by atoms with E-state index in [1.165, 1.54) is 12.1 Å². The van der Waals surface area contributed by atoms with Gasteiger partial charge in [0.05, 0.1) is 30.1 Å². The van der Waals surface area contributed by atoms with E-state index in [0.717, 1.165) is 16.9 Å². The number of allylic oxidation sites excluding steroid dienone is 2. The standard InChI is InChI=1S/C23H22FN5O2/c1-13(25)23(14(2)30)17-10-18-19(11-20(17)31-3)29-21(27-28-22(29)12-26-18)9-6-15-4-7-16(24)8-5-15/h4-5,7-8,10-12,25,30H,6,9H2,1-3H3/b23-14+,25-13?. The zero-order chi connectivity index (χ0) is 22.1. The highest BCUT2D eigenvalue weighted by Gasteiger charge is 2.18. The lowest BCUT2D eigenvalue weighted by molar-refractivity contribution is 0.409. The summed E-state index contributed by atoms with van der Waals surface area (Å²) >= 11 is 0. The second kappa shape index (κ2) is 8.14. The van der Waals surface area contributed by atoms with Gasteiger partial charge in [-0.25, -0.2) is 4.39 Å².